The van der Waals surface area contributed by atoms with Gasteiger partial charge in [0.15, 0.2) is 0 Å². The number of nitrogens with zero attached hydrogens (tertiary/aromatic N) is 2. The number of aryl methyl sites for hydroxylation is 1. The molecule has 5 heteroatoms. The molecule has 0 saturated carbocycles. The Morgan fingerprint density at radius 3 is 2.35 bits per heavy atom. The highest BCUT2D eigenvalue weighted by Crippen LogP contribution is 2.20. The van der Waals surface area contributed by atoms with Gasteiger partial charge in [0.05, 0.1) is 13.0 Å². The molecule has 0 unspecified atom stereocenters. The minimum absolute atomic E-state index is 0.0374. The van der Waals surface area contributed by atoms with Gasteiger partial charge < -0.3 is 14.5 Å². The van der Waals surface area contributed by atoms with E-state index in [2.05, 4.69) is 0 Å². The fourth-order valence-corrected chi connectivity index (χ4v) is 2.52. The van der Waals surface area contributed by atoms with Crippen LogP contribution in [0.4, 0.5) is 5.69 Å². The van der Waals surface area contributed by atoms with Crippen LogP contribution < -0.4 is 4.90 Å². The Balaban J connectivity index is 2.84. The van der Waals surface area contributed by atoms with Gasteiger partial charge in [-0.15, -0.1) is 0 Å². The lowest BCUT2D eigenvalue weighted by Gasteiger charge is -2.23. The van der Waals surface area contributed by atoms with E-state index in [0.717, 1.165) is 17.7 Å². The van der Waals surface area contributed by atoms with E-state index in [4.69, 9.17) is 4.74 Å². The van der Waals surface area contributed by atoms with Gasteiger partial charge in [-0.05, 0) is 44.0 Å². The number of anilines is 1. The molecule has 0 saturated heterocycles. The van der Waals surface area contributed by atoms with Crippen LogP contribution in [0, 0.1) is 6.92 Å². The highest BCUT2D eigenvalue weighted by atomic mass is 16.5. The molecule has 23 heavy (non-hydrogen) atoms. The zero-order chi connectivity index (χ0) is 17.4. The average molecular weight is 320 g/mol. The third-order valence-corrected chi connectivity index (χ3v) is 3.60. The summed E-state index contributed by atoms with van der Waals surface area (Å²) in [5, 5.41) is 0. The van der Waals surface area contributed by atoms with Gasteiger partial charge in [0.25, 0.3) is 5.91 Å². The van der Waals surface area contributed by atoms with Crippen LogP contribution >= 0.6 is 0 Å². The van der Waals surface area contributed by atoms with E-state index in [1.807, 2.05) is 51.0 Å². The largest absolute Gasteiger partial charge is 0.466 e. The van der Waals surface area contributed by atoms with Gasteiger partial charge in [-0.25, -0.2) is 0 Å². The molecule has 0 N–H and O–H groups in total. The Bertz CT molecular complexity index is 541. The Morgan fingerprint density at radius 2 is 1.83 bits per heavy atom. The fourth-order valence-electron chi connectivity index (χ4n) is 2.52. The maximum absolute atomic E-state index is 12.7. The van der Waals surface area contributed by atoms with Crippen molar-refractivity contribution >= 4 is 17.6 Å². The van der Waals surface area contributed by atoms with Crippen LogP contribution in [0.1, 0.15) is 42.6 Å². The number of carbonyl (C=O) groups excluding carboxylic acids is 2. The van der Waals surface area contributed by atoms with Gasteiger partial charge in [-0.2, -0.15) is 0 Å². The summed E-state index contributed by atoms with van der Waals surface area (Å²) in [6.45, 7) is 7.18. The SMILES string of the molecule is CCCN(CCC(=O)OCC)C(=O)c1ccc(N(C)C)c(C)c1. The third-order valence-electron chi connectivity index (χ3n) is 3.60. The lowest BCUT2D eigenvalue weighted by Crippen LogP contribution is -2.34. The van der Waals surface area contributed by atoms with Crippen LogP contribution in [0.3, 0.4) is 0 Å². The summed E-state index contributed by atoms with van der Waals surface area (Å²) in [4.78, 5) is 28.0. The summed E-state index contributed by atoms with van der Waals surface area (Å²) in [6.07, 6.45) is 1.08. The quantitative estimate of drug-likeness (QED) is 0.691. The first kappa shape index (κ1) is 19.0. The number of ether oxygens (including phenoxy) is 1. The van der Waals surface area contributed by atoms with Gasteiger partial charge >= 0.3 is 5.97 Å². The zero-order valence-electron chi connectivity index (χ0n) is 14.9. The van der Waals surface area contributed by atoms with Crippen LogP contribution in [-0.4, -0.2) is 50.6 Å². The van der Waals surface area contributed by atoms with Gasteiger partial charge in [-0.1, -0.05) is 6.92 Å². The molecule has 0 aliphatic rings. The van der Waals surface area contributed by atoms with Crippen molar-refractivity contribution in [1.29, 1.82) is 0 Å². The Kier molecular flexibility index (Phi) is 7.59. The Morgan fingerprint density at radius 1 is 1.13 bits per heavy atom. The number of hydrogen-bond acceptors (Lipinski definition) is 4. The van der Waals surface area contributed by atoms with Crippen molar-refractivity contribution in [1.82, 2.24) is 4.90 Å². The highest BCUT2D eigenvalue weighted by molar-refractivity contribution is 5.95. The minimum Gasteiger partial charge on any atom is -0.466 e. The van der Waals surface area contributed by atoms with E-state index in [0.29, 0.717) is 25.3 Å². The smallest absolute Gasteiger partial charge is 0.307 e. The summed E-state index contributed by atoms with van der Waals surface area (Å²) in [5.41, 5.74) is 2.81. The molecule has 1 rings (SSSR count). The molecule has 128 valence electrons. The lowest BCUT2D eigenvalue weighted by atomic mass is 10.1. The molecule has 0 radical (unpaired) electrons. The van der Waals surface area contributed by atoms with Crippen LogP contribution in [0.5, 0.6) is 0 Å². The molecule has 0 aliphatic heterocycles. The molecular formula is C18H28N2O3. The molecule has 1 aromatic carbocycles. The maximum atomic E-state index is 12.7. The van der Waals surface area contributed by atoms with Crippen molar-refractivity contribution in [2.24, 2.45) is 0 Å². The predicted molar refractivity (Wildman–Crippen MR) is 93.0 cm³/mol. The van der Waals surface area contributed by atoms with Gasteiger partial charge in [0.1, 0.15) is 0 Å². The predicted octanol–water partition coefficient (Wildman–Crippen LogP) is 2.87. The molecule has 1 amide bonds. The summed E-state index contributed by atoms with van der Waals surface area (Å²) in [7, 11) is 3.96. The van der Waals surface area contributed by atoms with Gasteiger partial charge in [0.2, 0.25) is 0 Å². The molecule has 0 aromatic heterocycles. The van der Waals surface area contributed by atoms with Gasteiger partial charge in [0, 0.05) is 38.4 Å². The van der Waals surface area contributed by atoms with Crippen molar-refractivity contribution in [3.05, 3.63) is 29.3 Å². The van der Waals surface area contributed by atoms with E-state index in [-0.39, 0.29) is 18.3 Å². The summed E-state index contributed by atoms with van der Waals surface area (Å²) < 4.78 is 4.93. The summed E-state index contributed by atoms with van der Waals surface area (Å²) in [6, 6.07) is 5.71. The topological polar surface area (TPSA) is 49.9 Å². The molecule has 0 aliphatic carbocycles. The second-order valence-corrected chi connectivity index (χ2v) is 5.74. The van der Waals surface area contributed by atoms with E-state index in [9.17, 15) is 9.59 Å². The summed E-state index contributed by atoms with van der Waals surface area (Å²) >= 11 is 0. The highest BCUT2D eigenvalue weighted by Gasteiger charge is 2.17. The molecule has 0 bridgehead atoms. The first-order valence-corrected chi connectivity index (χ1v) is 8.13. The molecule has 0 atom stereocenters. The molecule has 5 nitrogen and oxygen atoms in total. The molecule has 0 fully saturated rings. The third kappa shape index (κ3) is 5.58. The van der Waals surface area contributed by atoms with Crippen LogP contribution in [0.2, 0.25) is 0 Å². The van der Waals surface area contributed by atoms with Crippen LogP contribution in [0.15, 0.2) is 18.2 Å². The minimum atomic E-state index is -0.263. The number of amides is 1. The fraction of sp³-hybridized carbons (Fsp3) is 0.556. The van der Waals surface area contributed by atoms with Crippen molar-refractivity contribution in [2.45, 2.75) is 33.6 Å². The zero-order valence-corrected chi connectivity index (χ0v) is 14.9. The Hall–Kier alpha value is -2.04. The number of rotatable bonds is 8. The maximum Gasteiger partial charge on any atom is 0.307 e. The lowest BCUT2D eigenvalue weighted by molar-refractivity contribution is -0.143. The normalized spacial score (nSPS) is 10.3. The average Bonchev–Trinajstić information content (AvgIpc) is 2.50. The first-order chi connectivity index (χ1) is 10.9. The monoisotopic (exact) mass is 320 g/mol. The van der Waals surface area contributed by atoms with E-state index >= 15 is 0 Å². The number of benzene rings is 1. The van der Waals surface area contributed by atoms with Crippen LogP contribution in [0.25, 0.3) is 0 Å². The molecule has 0 heterocycles. The number of carbonyl (C=O) groups is 2. The summed E-state index contributed by atoms with van der Waals surface area (Å²) in [5.74, 6) is -0.301. The second kappa shape index (κ2) is 9.18. The molecule has 0 spiro atoms. The Labute approximate surface area is 139 Å². The van der Waals surface area contributed by atoms with Crippen LogP contribution in [-0.2, 0) is 9.53 Å². The van der Waals surface area contributed by atoms with Gasteiger partial charge in [-0.3, -0.25) is 9.59 Å². The standard InChI is InChI=1S/C18H28N2O3/c1-6-11-20(12-10-17(21)23-7-2)18(22)15-8-9-16(19(4)5)14(3)13-15/h8-9,13H,6-7,10-12H2,1-5H3. The van der Waals surface area contributed by atoms with Crippen molar-refractivity contribution in [2.75, 3.05) is 38.7 Å². The first-order valence-electron chi connectivity index (χ1n) is 8.13. The molecular weight excluding hydrogens is 292 g/mol. The second-order valence-electron chi connectivity index (χ2n) is 5.74. The number of hydrogen-bond donors (Lipinski definition) is 0. The van der Waals surface area contributed by atoms with E-state index in [1.165, 1.54) is 0 Å². The molecule has 1 aromatic rings. The van der Waals surface area contributed by atoms with Crippen molar-refractivity contribution < 1.29 is 14.3 Å². The number of esters is 1. The van der Waals surface area contributed by atoms with Crippen molar-refractivity contribution in [3.8, 4) is 0 Å². The van der Waals surface area contributed by atoms with E-state index in [1.54, 1.807) is 11.8 Å². The van der Waals surface area contributed by atoms with Crippen molar-refractivity contribution in [3.63, 3.8) is 0 Å². The van der Waals surface area contributed by atoms with E-state index < -0.39 is 0 Å².